The van der Waals surface area contributed by atoms with Crippen LogP contribution < -0.4 is 0 Å². The summed E-state index contributed by atoms with van der Waals surface area (Å²) in [4.78, 5) is 21.2. The third-order valence-electron chi connectivity index (χ3n) is 1.59. The van der Waals surface area contributed by atoms with Crippen LogP contribution in [0.5, 0.6) is 0 Å². The molecule has 0 saturated carbocycles. The Balaban J connectivity index is 2.73. The van der Waals surface area contributed by atoms with E-state index in [0.717, 1.165) is 0 Å². The van der Waals surface area contributed by atoms with E-state index in [1.807, 2.05) is 0 Å². The minimum atomic E-state index is -0.935. The molecule has 0 heterocycles. The molecule has 0 aromatic carbocycles. The van der Waals surface area contributed by atoms with Gasteiger partial charge in [0.1, 0.15) is 5.76 Å². The van der Waals surface area contributed by atoms with Crippen molar-refractivity contribution in [2.75, 3.05) is 0 Å². The first kappa shape index (κ1) is 10.2. The second kappa shape index (κ2) is 4.41. The highest BCUT2D eigenvalue weighted by Crippen LogP contribution is 2.11. The number of allylic oxidation sites excluding steroid dienone is 3. The number of rotatable bonds is 2. The molecule has 0 fully saturated rings. The Morgan fingerprint density at radius 1 is 1.43 bits per heavy atom. The number of esters is 1. The first-order chi connectivity index (χ1) is 6.59. The van der Waals surface area contributed by atoms with Crippen LogP contribution in [0.15, 0.2) is 36.1 Å². The van der Waals surface area contributed by atoms with Crippen molar-refractivity contribution in [1.29, 1.82) is 0 Å². The fourth-order valence-electron chi connectivity index (χ4n) is 0.987. The van der Waals surface area contributed by atoms with Crippen molar-refractivity contribution in [3.63, 3.8) is 0 Å². The molecule has 4 nitrogen and oxygen atoms in total. The largest absolute Gasteiger partial charge is 0.481 e. The lowest BCUT2D eigenvalue weighted by Crippen LogP contribution is -2.07. The van der Waals surface area contributed by atoms with Crippen molar-refractivity contribution < 1.29 is 19.4 Å². The van der Waals surface area contributed by atoms with E-state index in [2.05, 4.69) is 0 Å². The Morgan fingerprint density at radius 3 is 2.71 bits per heavy atom. The van der Waals surface area contributed by atoms with Gasteiger partial charge >= 0.3 is 11.9 Å². The van der Waals surface area contributed by atoms with Crippen LogP contribution in [0.3, 0.4) is 0 Å². The highest BCUT2D eigenvalue weighted by Gasteiger charge is 2.11. The maximum Gasteiger partial charge on any atom is 0.314 e. The number of ether oxygens (including phenoxy) is 1. The molecule has 1 rings (SSSR count). The van der Waals surface area contributed by atoms with Crippen molar-refractivity contribution >= 4 is 11.9 Å². The summed E-state index contributed by atoms with van der Waals surface area (Å²) in [6, 6.07) is 0. The molecule has 1 atom stereocenters. The third-order valence-corrected chi connectivity index (χ3v) is 1.59. The molecule has 0 aliphatic heterocycles. The number of hydrogen-bond donors (Lipinski definition) is 1. The SMILES string of the molecule is CC(=O)OC1=CC=CC(C(=O)O)C=C1. The van der Waals surface area contributed by atoms with Crippen LogP contribution in [-0.4, -0.2) is 17.0 Å². The Hall–Kier alpha value is -1.84. The number of aliphatic carboxylic acids is 1. The van der Waals surface area contributed by atoms with Gasteiger partial charge in [-0.3, -0.25) is 9.59 Å². The molecule has 74 valence electrons. The smallest absolute Gasteiger partial charge is 0.314 e. The van der Waals surface area contributed by atoms with Crippen molar-refractivity contribution in [2.24, 2.45) is 5.92 Å². The molecule has 0 bridgehead atoms. The molecule has 0 saturated heterocycles. The molecule has 4 heteroatoms. The predicted molar refractivity (Wildman–Crippen MR) is 49.3 cm³/mol. The normalized spacial score (nSPS) is 19.8. The maximum absolute atomic E-state index is 10.6. The van der Waals surface area contributed by atoms with Gasteiger partial charge in [-0.1, -0.05) is 18.2 Å². The molecule has 1 unspecified atom stereocenters. The summed E-state index contributed by atoms with van der Waals surface area (Å²) in [5.74, 6) is -1.69. The average Bonchev–Trinajstić information content (AvgIpc) is 2.28. The summed E-state index contributed by atoms with van der Waals surface area (Å²) in [7, 11) is 0. The molecule has 0 spiro atoms. The number of carbonyl (C=O) groups is 2. The van der Waals surface area contributed by atoms with Gasteiger partial charge in [-0.2, -0.15) is 0 Å². The van der Waals surface area contributed by atoms with Crippen LogP contribution in [0.1, 0.15) is 6.92 Å². The van der Waals surface area contributed by atoms with E-state index in [1.54, 1.807) is 12.2 Å². The minimum absolute atomic E-state index is 0.345. The van der Waals surface area contributed by atoms with Crippen molar-refractivity contribution in [1.82, 2.24) is 0 Å². The predicted octanol–water partition coefficient (Wildman–Crippen LogP) is 1.26. The lowest BCUT2D eigenvalue weighted by atomic mass is 10.1. The van der Waals surface area contributed by atoms with Gasteiger partial charge in [0.15, 0.2) is 0 Å². The summed E-state index contributed by atoms with van der Waals surface area (Å²) < 4.78 is 4.79. The van der Waals surface area contributed by atoms with Crippen LogP contribution in [-0.2, 0) is 14.3 Å². The lowest BCUT2D eigenvalue weighted by molar-refractivity contribution is -0.138. The van der Waals surface area contributed by atoms with Crippen LogP contribution in [0.2, 0.25) is 0 Å². The Morgan fingerprint density at radius 2 is 2.14 bits per heavy atom. The molecule has 0 aromatic rings. The zero-order chi connectivity index (χ0) is 10.6. The van der Waals surface area contributed by atoms with Crippen molar-refractivity contribution in [3.8, 4) is 0 Å². The summed E-state index contributed by atoms with van der Waals surface area (Å²) in [5.41, 5.74) is 0. The highest BCUT2D eigenvalue weighted by atomic mass is 16.5. The lowest BCUT2D eigenvalue weighted by Gasteiger charge is -1.99. The van der Waals surface area contributed by atoms with Crippen LogP contribution in [0, 0.1) is 5.92 Å². The van der Waals surface area contributed by atoms with E-state index in [-0.39, 0.29) is 0 Å². The van der Waals surface area contributed by atoms with Gasteiger partial charge in [0.25, 0.3) is 0 Å². The van der Waals surface area contributed by atoms with E-state index in [1.165, 1.54) is 25.2 Å². The highest BCUT2D eigenvalue weighted by molar-refractivity contribution is 5.75. The Kier molecular flexibility index (Phi) is 3.23. The number of carboxylic acid groups (broad SMARTS) is 1. The molecule has 1 aliphatic carbocycles. The number of hydrogen-bond acceptors (Lipinski definition) is 3. The molecule has 14 heavy (non-hydrogen) atoms. The summed E-state index contributed by atoms with van der Waals surface area (Å²) in [5, 5.41) is 8.70. The van der Waals surface area contributed by atoms with Gasteiger partial charge < -0.3 is 9.84 Å². The first-order valence-corrected chi connectivity index (χ1v) is 4.07. The van der Waals surface area contributed by atoms with E-state index in [4.69, 9.17) is 9.84 Å². The average molecular weight is 194 g/mol. The second-order valence-electron chi connectivity index (χ2n) is 2.77. The maximum atomic E-state index is 10.6. The minimum Gasteiger partial charge on any atom is -0.481 e. The Bertz CT molecular complexity index is 336. The number of carboxylic acids is 1. The standard InChI is InChI=1S/C10H10O4/c1-7(11)14-9-4-2-3-8(5-6-9)10(12)13/h2-6,8H,1H3,(H,12,13). The van der Waals surface area contributed by atoms with Gasteiger partial charge in [-0.25, -0.2) is 0 Å². The van der Waals surface area contributed by atoms with Crippen molar-refractivity contribution in [2.45, 2.75) is 6.92 Å². The Labute approximate surface area is 81.2 Å². The monoisotopic (exact) mass is 194 g/mol. The molecule has 0 radical (unpaired) electrons. The molecular weight excluding hydrogens is 184 g/mol. The zero-order valence-electron chi connectivity index (χ0n) is 7.64. The molecule has 0 amide bonds. The van der Waals surface area contributed by atoms with Crippen LogP contribution in [0.4, 0.5) is 0 Å². The van der Waals surface area contributed by atoms with E-state index < -0.39 is 17.9 Å². The molecular formula is C10H10O4. The van der Waals surface area contributed by atoms with Crippen molar-refractivity contribution in [3.05, 3.63) is 36.1 Å². The summed E-state index contributed by atoms with van der Waals surface area (Å²) >= 11 is 0. The van der Waals surface area contributed by atoms with Gasteiger partial charge in [-0.15, -0.1) is 0 Å². The molecule has 1 aliphatic rings. The zero-order valence-corrected chi connectivity index (χ0v) is 7.64. The van der Waals surface area contributed by atoms with Crippen LogP contribution >= 0.6 is 0 Å². The number of carbonyl (C=O) groups excluding carboxylic acids is 1. The van der Waals surface area contributed by atoms with Crippen LogP contribution in [0.25, 0.3) is 0 Å². The van der Waals surface area contributed by atoms with Gasteiger partial charge in [-0.05, 0) is 12.2 Å². The van der Waals surface area contributed by atoms with Gasteiger partial charge in [0, 0.05) is 6.92 Å². The third kappa shape index (κ3) is 2.90. The van der Waals surface area contributed by atoms with E-state index in [9.17, 15) is 9.59 Å². The summed E-state index contributed by atoms with van der Waals surface area (Å²) in [6.07, 6.45) is 7.54. The molecule has 0 aromatic heterocycles. The first-order valence-electron chi connectivity index (χ1n) is 4.07. The quantitative estimate of drug-likeness (QED) is 0.672. The fourth-order valence-corrected chi connectivity index (χ4v) is 0.987. The van der Waals surface area contributed by atoms with Gasteiger partial charge in [0.05, 0.1) is 5.92 Å². The van der Waals surface area contributed by atoms with Gasteiger partial charge in [0.2, 0.25) is 0 Å². The topological polar surface area (TPSA) is 63.6 Å². The second-order valence-corrected chi connectivity index (χ2v) is 2.77. The van der Waals surface area contributed by atoms with E-state index in [0.29, 0.717) is 5.76 Å². The van der Waals surface area contributed by atoms with E-state index >= 15 is 0 Å². The molecule has 1 N–H and O–H groups in total. The summed E-state index contributed by atoms with van der Waals surface area (Å²) in [6.45, 7) is 1.29. The fraction of sp³-hybridized carbons (Fsp3) is 0.200.